The van der Waals surface area contributed by atoms with Gasteiger partial charge in [0.05, 0.1) is 0 Å². The molecule has 2 rings (SSSR count). The van der Waals surface area contributed by atoms with Crippen LogP contribution in [-0.2, 0) is 5.33 Å². The largest absolute Gasteiger partial charge is 0.369 e. The van der Waals surface area contributed by atoms with Crippen molar-refractivity contribution >= 4 is 33.2 Å². The van der Waals surface area contributed by atoms with E-state index in [0.717, 1.165) is 16.9 Å². The lowest BCUT2D eigenvalue weighted by Gasteiger charge is -2.36. The SMILES string of the molecule is CC1CCCCN1c1cccc(Cl)c1CBr. The Balaban J connectivity index is 2.34. The lowest BCUT2D eigenvalue weighted by Crippen LogP contribution is -2.37. The van der Waals surface area contributed by atoms with Gasteiger partial charge in [-0.15, -0.1) is 0 Å². The molecule has 0 amide bonds. The second-order valence-electron chi connectivity index (χ2n) is 4.41. The van der Waals surface area contributed by atoms with E-state index in [1.807, 2.05) is 12.1 Å². The Kier molecular flexibility index (Phi) is 4.15. The van der Waals surface area contributed by atoms with E-state index < -0.39 is 0 Å². The summed E-state index contributed by atoms with van der Waals surface area (Å²) in [7, 11) is 0. The molecule has 1 atom stereocenters. The average molecular weight is 303 g/mol. The fourth-order valence-electron chi connectivity index (χ4n) is 2.40. The maximum Gasteiger partial charge on any atom is 0.0467 e. The first-order valence-electron chi connectivity index (χ1n) is 5.84. The molecule has 1 nitrogen and oxygen atoms in total. The van der Waals surface area contributed by atoms with Gasteiger partial charge in [-0.05, 0) is 38.3 Å². The summed E-state index contributed by atoms with van der Waals surface area (Å²) >= 11 is 9.77. The summed E-state index contributed by atoms with van der Waals surface area (Å²) in [5, 5.41) is 1.69. The highest BCUT2D eigenvalue weighted by Crippen LogP contribution is 2.33. The Hall–Kier alpha value is -0.210. The lowest BCUT2D eigenvalue weighted by atomic mass is 10.0. The van der Waals surface area contributed by atoms with Crippen molar-refractivity contribution in [2.75, 3.05) is 11.4 Å². The predicted octanol–water partition coefficient (Wildman–Crippen LogP) is 4.61. The lowest BCUT2D eigenvalue weighted by molar-refractivity contribution is 0.484. The smallest absolute Gasteiger partial charge is 0.0467 e. The molecule has 1 fully saturated rings. The van der Waals surface area contributed by atoms with Gasteiger partial charge in [0.15, 0.2) is 0 Å². The first kappa shape index (κ1) is 12.3. The van der Waals surface area contributed by atoms with Gasteiger partial charge in [0.25, 0.3) is 0 Å². The number of nitrogens with zero attached hydrogens (tertiary/aromatic N) is 1. The van der Waals surface area contributed by atoms with Gasteiger partial charge in [-0.1, -0.05) is 33.6 Å². The first-order chi connectivity index (χ1) is 7.74. The molecular weight excluding hydrogens is 286 g/mol. The summed E-state index contributed by atoms with van der Waals surface area (Å²) < 4.78 is 0. The van der Waals surface area contributed by atoms with Crippen molar-refractivity contribution in [1.29, 1.82) is 0 Å². The molecule has 3 heteroatoms. The van der Waals surface area contributed by atoms with Crippen LogP contribution in [0.3, 0.4) is 0 Å². The maximum absolute atomic E-state index is 6.24. The molecule has 1 aromatic rings. The van der Waals surface area contributed by atoms with Gasteiger partial charge >= 0.3 is 0 Å². The predicted molar refractivity (Wildman–Crippen MR) is 74.7 cm³/mol. The molecule has 0 spiro atoms. The minimum Gasteiger partial charge on any atom is -0.369 e. The zero-order chi connectivity index (χ0) is 11.5. The number of benzene rings is 1. The van der Waals surface area contributed by atoms with Gasteiger partial charge in [0, 0.05) is 34.2 Å². The topological polar surface area (TPSA) is 3.24 Å². The van der Waals surface area contributed by atoms with Gasteiger partial charge in [-0.3, -0.25) is 0 Å². The second-order valence-corrected chi connectivity index (χ2v) is 5.38. The van der Waals surface area contributed by atoms with Crippen LogP contribution >= 0.6 is 27.5 Å². The maximum atomic E-state index is 6.24. The minimum absolute atomic E-state index is 0.630. The van der Waals surface area contributed by atoms with Crippen LogP contribution in [0.15, 0.2) is 18.2 Å². The average Bonchev–Trinajstić information content (AvgIpc) is 2.29. The van der Waals surface area contributed by atoms with Crippen molar-refractivity contribution in [3.8, 4) is 0 Å². The van der Waals surface area contributed by atoms with Crippen LogP contribution < -0.4 is 4.90 Å². The van der Waals surface area contributed by atoms with Crippen LogP contribution in [0.2, 0.25) is 5.02 Å². The van der Waals surface area contributed by atoms with Crippen molar-refractivity contribution in [2.24, 2.45) is 0 Å². The van der Waals surface area contributed by atoms with Gasteiger partial charge in [0.1, 0.15) is 0 Å². The third-order valence-corrected chi connectivity index (χ3v) is 4.26. The summed E-state index contributed by atoms with van der Waals surface area (Å²) in [5.74, 6) is 0. The van der Waals surface area contributed by atoms with Gasteiger partial charge in [-0.25, -0.2) is 0 Å². The van der Waals surface area contributed by atoms with Crippen molar-refractivity contribution in [2.45, 2.75) is 37.6 Å². The monoisotopic (exact) mass is 301 g/mol. The Bertz CT molecular complexity index is 367. The van der Waals surface area contributed by atoms with Gasteiger partial charge in [0.2, 0.25) is 0 Å². The van der Waals surface area contributed by atoms with Crippen LogP contribution in [0.5, 0.6) is 0 Å². The van der Waals surface area contributed by atoms with Crippen molar-refractivity contribution in [1.82, 2.24) is 0 Å². The number of alkyl halides is 1. The zero-order valence-electron chi connectivity index (χ0n) is 9.55. The third-order valence-electron chi connectivity index (χ3n) is 3.34. The molecule has 0 N–H and O–H groups in total. The van der Waals surface area contributed by atoms with Crippen molar-refractivity contribution in [3.63, 3.8) is 0 Å². The Labute approximate surface area is 111 Å². The first-order valence-corrected chi connectivity index (χ1v) is 7.34. The highest BCUT2D eigenvalue weighted by Gasteiger charge is 2.21. The second kappa shape index (κ2) is 5.42. The zero-order valence-corrected chi connectivity index (χ0v) is 11.9. The molecule has 1 aliphatic heterocycles. The summed E-state index contributed by atoms with van der Waals surface area (Å²) in [4.78, 5) is 2.49. The van der Waals surface area contributed by atoms with E-state index in [1.165, 1.54) is 30.5 Å². The molecule has 0 aliphatic carbocycles. The molecule has 1 aliphatic rings. The number of piperidine rings is 1. The Morgan fingerprint density at radius 1 is 1.44 bits per heavy atom. The van der Waals surface area contributed by atoms with Crippen molar-refractivity contribution in [3.05, 3.63) is 28.8 Å². The Morgan fingerprint density at radius 2 is 2.25 bits per heavy atom. The molecule has 0 aromatic heterocycles. The van der Waals surface area contributed by atoms with Crippen LogP contribution in [0, 0.1) is 0 Å². The van der Waals surface area contributed by atoms with Crippen LogP contribution in [0.1, 0.15) is 31.7 Å². The van der Waals surface area contributed by atoms with Gasteiger partial charge < -0.3 is 4.90 Å². The molecule has 1 aromatic carbocycles. The van der Waals surface area contributed by atoms with E-state index in [4.69, 9.17) is 11.6 Å². The molecule has 1 heterocycles. The minimum atomic E-state index is 0.630. The molecule has 1 unspecified atom stereocenters. The van der Waals surface area contributed by atoms with E-state index in [1.54, 1.807) is 0 Å². The molecular formula is C13H17BrClN. The van der Waals surface area contributed by atoms with E-state index in [-0.39, 0.29) is 0 Å². The fourth-order valence-corrected chi connectivity index (χ4v) is 3.39. The van der Waals surface area contributed by atoms with Crippen LogP contribution in [0.4, 0.5) is 5.69 Å². The standard InChI is InChI=1S/C13H17BrClN/c1-10-5-2-3-8-16(10)13-7-4-6-12(15)11(13)9-14/h4,6-7,10H,2-3,5,8-9H2,1H3. The number of hydrogen-bond acceptors (Lipinski definition) is 1. The molecule has 16 heavy (non-hydrogen) atoms. The molecule has 0 bridgehead atoms. The number of halogens is 2. The van der Waals surface area contributed by atoms with Crippen LogP contribution in [-0.4, -0.2) is 12.6 Å². The summed E-state index contributed by atoms with van der Waals surface area (Å²) in [6, 6.07) is 6.83. The third kappa shape index (κ3) is 2.38. The quantitative estimate of drug-likeness (QED) is 0.721. The van der Waals surface area contributed by atoms with E-state index in [9.17, 15) is 0 Å². The highest BCUT2D eigenvalue weighted by atomic mass is 79.9. The number of rotatable bonds is 2. The molecule has 0 saturated carbocycles. The molecule has 88 valence electrons. The fraction of sp³-hybridized carbons (Fsp3) is 0.538. The molecule has 1 saturated heterocycles. The summed E-state index contributed by atoms with van der Waals surface area (Å²) in [5.41, 5.74) is 2.52. The molecule has 0 radical (unpaired) electrons. The van der Waals surface area contributed by atoms with E-state index >= 15 is 0 Å². The summed E-state index contributed by atoms with van der Waals surface area (Å²) in [6.45, 7) is 3.46. The van der Waals surface area contributed by atoms with Gasteiger partial charge in [-0.2, -0.15) is 0 Å². The highest BCUT2D eigenvalue weighted by molar-refractivity contribution is 9.08. The Morgan fingerprint density at radius 3 is 2.94 bits per heavy atom. The van der Waals surface area contributed by atoms with E-state index in [2.05, 4.69) is 33.8 Å². The van der Waals surface area contributed by atoms with Crippen LogP contribution in [0.25, 0.3) is 0 Å². The summed E-state index contributed by atoms with van der Waals surface area (Å²) in [6.07, 6.45) is 3.93. The normalized spacial score (nSPS) is 21.2. The van der Waals surface area contributed by atoms with E-state index in [0.29, 0.717) is 6.04 Å². The number of anilines is 1. The van der Waals surface area contributed by atoms with Crippen molar-refractivity contribution < 1.29 is 0 Å². The number of hydrogen-bond donors (Lipinski definition) is 0.